The van der Waals surface area contributed by atoms with Gasteiger partial charge in [0.15, 0.2) is 0 Å². The van der Waals surface area contributed by atoms with Crippen LogP contribution in [0.1, 0.15) is 16.7 Å². The highest BCUT2D eigenvalue weighted by molar-refractivity contribution is 7.89. The van der Waals surface area contributed by atoms with E-state index in [9.17, 15) is 13.2 Å². The summed E-state index contributed by atoms with van der Waals surface area (Å²) in [6, 6.07) is 13.9. The Kier molecular flexibility index (Phi) is 5.46. The molecule has 1 unspecified atom stereocenters. The lowest BCUT2D eigenvalue weighted by Gasteiger charge is -2.40. The number of piperazine rings is 1. The molecule has 0 saturated carbocycles. The predicted molar refractivity (Wildman–Crippen MR) is 112 cm³/mol. The summed E-state index contributed by atoms with van der Waals surface area (Å²) in [5.74, 6) is -0.0942. The number of nitrogens with zero attached hydrogens (tertiary/aromatic N) is 3. The predicted octanol–water partition coefficient (Wildman–Crippen LogP) is 1.88. The third-order valence-corrected chi connectivity index (χ3v) is 7.80. The van der Waals surface area contributed by atoms with Crippen LogP contribution in [0.3, 0.4) is 0 Å². The van der Waals surface area contributed by atoms with E-state index < -0.39 is 16.1 Å². The third-order valence-electron chi connectivity index (χ3n) is 5.93. The summed E-state index contributed by atoms with van der Waals surface area (Å²) in [5, 5.41) is 0. The number of aryl methyl sites for hydroxylation is 1. The number of sulfonamides is 1. The van der Waals surface area contributed by atoms with Gasteiger partial charge in [-0.25, -0.2) is 8.42 Å². The normalized spacial score (nSPS) is 21.0. The Morgan fingerprint density at radius 1 is 0.931 bits per heavy atom. The molecule has 0 bridgehead atoms. The molecule has 7 heteroatoms. The first-order chi connectivity index (χ1) is 13.9. The first-order valence-electron chi connectivity index (χ1n) is 9.99. The van der Waals surface area contributed by atoms with E-state index in [4.69, 9.17) is 0 Å². The highest BCUT2D eigenvalue weighted by Crippen LogP contribution is 2.30. The Morgan fingerprint density at radius 2 is 1.55 bits per heavy atom. The summed E-state index contributed by atoms with van der Waals surface area (Å²) < 4.78 is 28.4. The zero-order chi connectivity index (χ0) is 20.6. The van der Waals surface area contributed by atoms with Gasteiger partial charge in [0, 0.05) is 32.7 Å². The van der Waals surface area contributed by atoms with E-state index in [-0.39, 0.29) is 17.3 Å². The number of benzene rings is 2. The van der Waals surface area contributed by atoms with Crippen molar-refractivity contribution in [2.24, 2.45) is 0 Å². The second kappa shape index (κ2) is 7.89. The molecule has 1 fully saturated rings. The smallest absolute Gasteiger partial charge is 0.244 e. The zero-order valence-corrected chi connectivity index (χ0v) is 17.7. The number of fused-ring (bicyclic) bond motifs is 1. The van der Waals surface area contributed by atoms with Gasteiger partial charge in [-0.3, -0.25) is 4.79 Å². The second-order valence-electron chi connectivity index (χ2n) is 7.98. The van der Waals surface area contributed by atoms with Crippen molar-refractivity contribution < 1.29 is 13.2 Å². The number of likely N-dealkylation sites (N-methyl/N-ethyl adjacent to an activating group) is 1. The van der Waals surface area contributed by atoms with Crippen molar-refractivity contribution in [2.75, 3.05) is 33.2 Å². The van der Waals surface area contributed by atoms with E-state index in [0.29, 0.717) is 19.5 Å². The van der Waals surface area contributed by atoms with E-state index >= 15 is 0 Å². The average molecular weight is 414 g/mol. The Hall–Kier alpha value is -2.22. The van der Waals surface area contributed by atoms with E-state index in [2.05, 4.69) is 4.90 Å². The Labute approximate surface area is 172 Å². The molecule has 1 saturated heterocycles. The molecule has 0 aromatic heterocycles. The second-order valence-corrected chi connectivity index (χ2v) is 9.87. The summed E-state index contributed by atoms with van der Waals surface area (Å²) >= 11 is 0. The SMILES string of the molecule is Cc1ccc(S(=O)(=O)N2Cc3ccccc3CC2C(=O)N2CCN(C)CC2)cc1. The molecule has 29 heavy (non-hydrogen) atoms. The Morgan fingerprint density at radius 3 is 2.21 bits per heavy atom. The van der Waals surface area contributed by atoms with Gasteiger partial charge in [-0.2, -0.15) is 4.31 Å². The largest absolute Gasteiger partial charge is 0.339 e. The van der Waals surface area contributed by atoms with Crippen molar-refractivity contribution >= 4 is 15.9 Å². The van der Waals surface area contributed by atoms with Crippen LogP contribution in [0.4, 0.5) is 0 Å². The van der Waals surface area contributed by atoms with E-state index in [1.165, 1.54) is 4.31 Å². The van der Waals surface area contributed by atoms with Gasteiger partial charge in [0.2, 0.25) is 15.9 Å². The molecule has 6 nitrogen and oxygen atoms in total. The fourth-order valence-corrected chi connectivity index (χ4v) is 5.60. The maximum Gasteiger partial charge on any atom is 0.244 e. The number of rotatable bonds is 3. The van der Waals surface area contributed by atoms with Crippen LogP contribution in [0, 0.1) is 6.92 Å². The first kappa shape index (κ1) is 20.1. The van der Waals surface area contributed by atoms with Gasteiger partial charge in [-0.1, -0.05) is 42.0 Å². The third kappa shape index (κ3) is 3.95. The maximum absolute atomic E-state index is 13.5. The fraction of sp³-hybridized carbons (Fsp3) is 0.409. The van der Waals surface area contributed by atoms with Crippen molar-refractivity contribution in [2.45, 2.75) is 30.8 Å². The first-order valence-corrected chi connectivity index (χ1v) is 11.4. The minimum atomic E-state index is -3.79. The van der Waals surface area contributed by atoms with Crippen LogP contribution in [-0.2, 0) is 27.8 Å². The van der Waals surface area contributed by atoms with E-state index in [0.717, 1.165) is 29.8 Å². The lowest BCUT2D eigenvalue weighted by Crippen LogP contribution is -2.57. The van der Waals surface area contributed by atoms with Crippen molar-refractivity contribution in [1.29, 1.82) is 0 Å². The highest BCUT2D eigenvalue weighted by Gasteiger charge is 2.41. The van der Waals surface area contributed by atoms with Crippen LogP contribution in [0.2, 0.25) is 0 Å². The summed E-state index contributed by atoms with van der Waals surface area (Å²) in [7, 11) is -1.76. The van der Waals surface area contributed by atoms with Crippen LogP contribution < -0.4 is 0 Å². The quantitative estimate of drug-likeness (QED) is 0.771. The molecule has 2 heterocycles. The fourth-order valence-electron chi connectivity index (χ4n) is 4.05. The van der Waals surface area contributed by atoms with Gasteiger partial charge in [-0.05, 0) is 43.7 Å². The van der Waals surface area contributed by atoms with Gasteiger partial charge in [0.05, 0.1) is 4.90 Å². The minimum Gasteiger partial charge on any atom is -0.339 e. The molecule has 0 aliphatic carbocycles. The van der Waals surface area contributed by atoms with Crippen LogP contribution in [0.15, 0.2) is 53.4 Å². The summed E-state index contributed by atoms with van der Waals surface area (Å²) in [4.78, 5) is 17.6. The molecule has 1 amide bonds. The molecule has 0 spiro atoms. The van der Waals surface area contributed by atoms with Crippen LogP contribution in [-0.4, -0.2) is 67.7 Å². The summed E-state index contributed by atoms with van der Waals surface area (Å²) in [6.45, 7) is 5.01. The van der Waals surface area contributed by atoms with Gasteiger partial charge in [-0.15, -0.1) is 0 Å². The van der Waals surface area contributed by atoms with Crippen molar-refractivity contribution in [1.82, 2.24) is 14.1 Å². The Balaban J connectivity index is 1.70. The monoisotopic (exact) mass is 413 g/mol. The van der Waals surface area contributed by atoms with Gasteiger partial charge in [0.25, 0.3) is 0 Å². The van der Waals surface area contributed by atoms with Crippen molar-refractivity contribution in [3.8, 4) is 0 Å². The molecule has 0 N–H and O–H groups in total. The van der Waals surface area contributed by atoms with E-state index in [1.54, 1.807) is 24.3 Å². The van der Waals surface area contributed by atoms with Gasteiger partial charge >= 0.3 is 0 Å². The Bertz CT molecular complexity index is 996. The molecule has 2 aromatic rings. The van der Waals surface area contributed by atoms with Crippen molar-refractivity contribution in [3.05, 3.63) is 65.2 Å². The lowest BCUT2D eigenvalue weighted by atomic mass is 9.95. The molecule has 4 rings (SSSR count). The molecular weight excluding hydrogens is 386 g/mol. The average Bonchev–Trinajstić information content (AvgIpc) is 2.73. The topological polar surface area (TPSA) is 60.9 Å². The minimum absolute atomic E-state index is 0.0942. The zero-order valence-electron chi connectivity index (χ0n) is 16.9. The number of carbonyl (C=O) groups excluding carboxylic acids is 1. The van der Waals surface area contributed by atoms with E-state index in [1.807, 2.05) is 43.1 Å². The summed E-state index contributed by atoms with van der Waals surface area (Å²) in [6.07, 6.45) is 0.409. The molecular formula is C22H27N3O3S. The van der Waals surface area contributed by atoms with Crippen molar-refractivity contribution in [3.63, 3.8) is 0 Å². The van der Waals surface area contributed by atoms with Gasteiger partial charge < -0.3 is 9.80 Å². The van der Waals surface area contributed by atoms with Crippen LogP contribution >= 0.6 is 0 Å². The maximum atomic E-state index is 13.5. The lowest BCUT2D eigenvalue weighted by molar-refractivity contribution is -0.137. The summed E-state index contributed by atoms with van der Waals surface area (Å²) in [5.41, 5.74) is 3.01. The molecule has 2 aromatic carbocycles. The standard InChI is InChI=1S/C22H27N3O3S/c1-17-7-9-20(10-8-17)29(27,28)25-16-19-6-4-3-5-18(19)15-21(25)22(26)24-13-11-23(2)12-14-24/h3-10,21H,11-16H2,1-2H3. The number of amides is 1. The highest BCUT2D eigenvalue weighted by atomic mass is 32.2. The molecule has 2 aliphatic rings. The number of carbonyl (C=O) groups is 1. The molecule has 2 aliphatic heterocycles. The molecule has 154 valence electrons. The van der Waals surface area contributed by atoms with Gasteiger partial charge in [0.1, 0.15) is 6.04 Å². The molecule has 1 atom stereocenters. The van der Waals surface area contributed by atoms with Crippen LogP contribution in [0.25, 0.3) is 0 Å². The number of hydrogen-bond donors (Lipinski definition) is 0. The molecule has 0 radical (unpaired) electrons. The number of hydrogen-bond acceptors (Lipinski definition) is 4. The van der Waals surface area contributed by atoms with Crippen LogP contribution in [0.5, 0.6) is 0 Å².